The van der Waals surface area contributed by atoms with E-state index in [1.165, 1.54) is 31.4 Å². The summed E-state index contributed by atoms with van der Waals surface area (Å²) in [6.07, 6.45) is 4.14. The van der Waals surface area contributed by atoms with Gasteiger partial charge >= 0.3 is 0 Å². The quantitative estimate of drug-likeness (QED) is 0.841. The topological polar surface area (TPSA) is 12.0 Å². The lowest BCUT2D eigenvalue weighted by atomic mass is 9.83. The summed E-state index contributed by atoms with van der Waals surface area (Å²) in [5, 5.41) is 3.53. The summed E-state index contributed by atoms with van der Waals surface area (Å²) < 4.78 is 0. The van der Waals surface area contributed by atoms with Gasteiger partial charge in [0, 0.05) is 0 Å². The fraction of sp³-hybridized carbons (Fsp3) is 0.667. The van der Waals surface area contributed by atoms with Gasteiger partial charge < -0.3 is 5.32 Å². The summed E-state index contributed by atoms with van der Waals surface area (Å²) in [7, 11) is 0. The number of nitrogens with one attached hydrogen (secondary N) is 1. The molecular weight excluding hydrogens is 230 g/mol. The Morgan fingerprint density at radius 2 is 1.79 bits per heavy atom. The molecule has 0 aliphatic heterocycles. The summed E-state index contributed by atoms with van der Waals surface area (Å²) in [4.78, 5) is 0. The Morgan fingerprint density at radius 1 is 1.11 bits per heavy atom. The van der Waals surface area contributed by atoms with E-state index in [0.29, 0.717) is 0 Å². The van der Waals surface area contributed by atoms with Crippen molar-refractivity contribution in [1.29, 1.82) is 0 Å². The van der Waals surface area contributed by atoms with Gasteiger partial charge in [-0.15, -0.1) is 0 Å². The Bertz CT molecular complexity index is 385. The molecule has 2 atom stereocenters. The molecular formula is C18H29N. The second kappa shape index (κ2) is 6.09. The minimum atomic E-state index is 0.261. The van der Waals surface area contributed by atoms with Crippen LogP contribution in [-0.4, -0.2) is 13.1 Å². The number of hydrogen-bond donors (Lipinski definition) is 1. The van der Waals surface area contributed by atoms with Crippen molar-refractivity contribution in [3.63, 3.8) is 0 Å². The van der Waals surface area contributed by atoms with Crippen LogP contribution in [0.1, 0.15) is 64.0 Å². The van der Waals surface area contributed by atoms with Crippen LogP contribution < -0.4 is 5.32 Å². The zero-order chi connectivity index (χ0) is 13.9. The zero-order valence-electron chi connectivity index (χ0n) is 13.0. The lowest BCUT2D eigenvalue weighted by Crippen LogP contribution is -2.24. The van der Waals surface area contributed by atoms with Crippen LogP contribution >= 0.6 is 0 Å². The zero-order valence-corrected chi connectivity index (χ0v) is 13.0. The third-order valence-electron chi connectivity index (χ3n) is 4.52. The lowest BCUT2D eigenvalue weighted by molar-refractivity contribution is 0.450. The van der Waals surface area contributed by atoms with Crippen molar-refractivity contribution in [2.24, 2.45) is 5.92 Å². The van der Waals surface area contributed by atoms with Crippen molar-refractivity contribution in [3.8, 4) is 0 Å². The molecule has 0 aromatic heterocycles. The molecule has 2 rings (SSSR count). The van der Waals surface area contributed by atoms with Crippen LogP contribution in [0.25, 0.3) is 0 Å². The van der Waals surface area contributed by atoms with Crippen molar-refractivity contribution >= 4 is 0 Å². The predicted molar refractivity (Wildman–Crippen MR) is 83.8 cm³/mol. The fourth-order valence-electron chi connectivity index (χ4n) is 3.28. The van der Waals surface area contributed by atoms with Gasteiger partial charge in [0.2, 0.25) is 0 Å². The Hall–Kier alpha value is -0.820. The molecule has 0 amide bonds. The third-order valence-corrected chi connectivity index (χ3v) is 4.52. The van der Waals surface area contributed by atoms with E-state index in [1.807, 2.05) is 0 Å². The maximum absolute atomic E-state index is 3.53. The first-order valence-corrected chi connectivity index (χ1v) is 7.83. The predicted octanol–water partition coefficient (Wildman–Crippen LogP) is 4.48. The van der Waals surface area contributed by atoms with Crippen LogP contribution in [0.2, 0.25) is 0 Å². The highest BCUT2D eigenvalue weighted by Gasteiger charge is 2.28. The lowest BCUT2D eigenvalue weighted by Gasteiger charge is -2.23. The molecule has 0 heterocycles. The molecule has 1 nitrogen and oxygen atoms in total. The minimum Gasteiger partial charge on any atom is -0.317 e. The van der Waals surface area contributed by atoms with Gasteiger partial charge in [0.15, 0.2) is 0 Å². The summed E-state index contributed by atoms with van der Waals surface area (Å²) in [6, 6.07) is 9.40. The van der Waals surface area contributed by atoms with Gasteiger partial charge in [-0.25, -0.2) is 0 Å². The molecule has 1 saturated carbocycles. The van der Waals surface area contributed by atoms with E-state index in [4.69, 9.17) is 0 Å². The van der Waals surface area contributed by atoms with Gasteiger partial charge in [-0.3, -0.25) is 0 Å². The Labute approximate surface area is 118 Å². The van der Waals surface area contributed by atoms with Crippen molar-refractivity contribution in [2.45, 2.75) is 58.3 Å². The maximum atomic E-state index is 3.53. The van der Waals surface area contributed by atoms with Gasteiger partial charge in [-0.1, -0.05) is 58.4 Å². The molecule has 1 fully saturated rings. The molecule has 0 spiro atoms. The first-order chi connectivity index (χ1) is 9.02. The highest BCUT2D eigenvalue weighted by atomic mass is 14.8. The van der Waals surface area contributed by atoms with Crippen molar-refractivity contribution in [2.75, 3.05) is 13.1 Å². The summed E-state index contributed by atoms with van der Waals surface area (Å²) in [6.45, 7) is 11.3. The molecule has 0 saturated heterocycles. The van der Waals surface area contributed by atoms with Gasteiger partial charge in [0.05, 0.1) is 0 Å². The van der Waals surface area contributed by atoms with Crippen LogP contribution in [0, 0.1) is 5.92 Å². The van der Waals surface area contributed by atoms with Crippen LogP contribution in [0.4, 0.5) is 0 Å². The normalized spacial score (nSPS) is 23.8. The maximum Gasteiger partial charge on any atom is -0.00148 e. The summed E-state index contributed by atoms with van der Waals surface area (Å²) in [5.74, 6) is 1.61. The molecule has 0 bridgehead atoms. The molecule has 2 unspecified atom stereocenters. The van der Waals surface area contributed by atoms with E-state index in [-0.39, 0.29) is 5.41 Å². The van der Waals surface area contributed by atoms with E-state index >= 15 is 0 Å². The molecule has 1 aliphatic rings. The highest BCUT2D eigenvalue weighted by Crippen LogP contribution is 2.39. The number of rotatable bonds is 4. The second-order valence-corrected chi connectivity index (χ2v) is 6.98. The molecule has 0 radical (unpaired) electrons. The van der Waals surface area contributed by atoms with Crippen LogP contribution in [0.3, 0.4) is 0 Å². The largest absolute Gasteiger partial charge is 0.317 e. The molecule has 1 heteroatoms. The Kier molecular flexibility index (Phi) is 4.67. The highest BCUT2D eigenvalue weighted by molar-refractivity contribution is 5.30. The minimum absolute atomic E-state index is 0.261. The van der Waals surface area contributed by atoms with E-state index in [0.717, 1.165) is 18.4 Å². The van der Waals surface area contributed by atoms with Crippen molar-refractivity contribution in [1.82, 2.24) is 5.32 Å². The van der Waals surface area contributed by atoms with Crippen LogP contribution in [0.15, 0.2) is 24.3 Å². The number of hydrogen-bond acceptors (Lipinski definition) is 1. The van der Waals surface area contributed by atoms with E-state index in [2.05, 4.69) is 57.3 Å². The van der Waals surface area contributed by atoms with E-state index < -0.39 is 0 Å². The van der Waals surface area contributed by atoms with Gasteiger partial charge in [-0.05, 0) is 54.3 Å². The van der Waals surface area contributed by atoms with Crippen molar-refractivity contribution in [3.05, 3.63) is 35.4 Å². The van der Waals surface area contributed by atoms with Gasteiger partial charge in [-0.2, -0.15) is 0 Å². The van der Waals surface area contributed by atoms with Crippen molar-refractivity contribution < 1.29 is 0 Å². The van der Waals surface area contributed by atoms with Gasteiger partial charge in [0.1, 0.15) is 0 Å². The molecule has 106 valence electrons. The third kappa shape index (κ3) is 3.60. The standard InChI is InChI=1S/C18H29N/c1-5-19-13-15-7-6-8-17(15)14-9-11-16(12-10-14)18(2,3)4/h9-12,15,17,19H,5-8,13H2,1-4H3. The molecule has 1 aromatic rings. The molecule has 19 heavy (non-hydrogen) atoms. The van der Waals surface area contributed by atoms with Gasteiger partial charge in [0.25, 0.3) is 0 Å². The second-order valence-electron chi connectivity index (χ2n) is 6.98. The van der Waals surface area contributed by atoms with Crippen LogP contribution in [-0.2, 0) is 5.41 Å². The molecule has 1 aliphatic carbocycles. The smallest absolute Gasteiger partial charge is 0.00148 e. The first-order valence-electron chi connectivity index (χ1n) is 7.83. The molecule has 1 aromatic carbocycles. The van der Waals surface area contributed by atoms with Crippen LogP contribution in [0.5, 0.6) is 0 Å². The Morgan fingerprint density at radius 3 is 2.37 bits per heavy atom. The number of benzene rings is 1. The SMILES string of the molecule is CCNCC1CCCC1c1ccc(C(C)(C)C)cc1. The first kappa shape index (κ1) is 14.6. The average molecular weight is 259 g/mol. The monoisotopic (exact) mass is 259 g/mol. The van der Waals surface area contributed by atoms with E-state index in [9.17, 15) is 0 Å². The fourth-order valence-corrected chi connectivity index (χ4v) is 3.28. The average Bonchev–Trinajstić information content (AvgIpc) is 2.83. The van der Waals surface area contributed by atoms with E-state index in [1.54, 1.807) is 5.56 Å². The Balaban J connectivity index is 2.08. The molecule has 1 N–H and O–H groups in total. The summed E-state index contributed by atoms with van der Waals surface area (Å²) >= 11 is 0. The summed E-state index contributed by atoms with van der Waals surface area (Å²) in [5.41, 5.74) is 3.25.